The Labute approximate surface area is 217 Å². The molecule has 0 saturated carbocycles. The number of rotatable bonds is 10. The fraction of sp³-hybridized carbons (Fsp3) is 0.310. The molecule has 194 valence electrons. The number of aliphatic hydroxyl groups is 2. The largest absolute Gasteiger partial charge is 0.493 e. The van der Waals surface area contributed by atoms with Crippen LogP contribution in [-0.2, 0) is 22.6 Å². The van der Waals surface area contributed by atoms with Crippen LogP contribution < -0.4 is 15.0 Å². The van der Waals surface area contributed by atoms with Gasteiger partial charge in [-0.05, 0) is 35.4 Å². The molecule has 1 fully saturated rings. The Kier molecular flexibility index (Phi) is 9.13. The van der Waals surface area contributed by atoms with Gasteiger partial charge >= 0.3 is 0 Å². The topological polar surface area (TPSA) is 102 Å². The second-order valence-electron chi connectivity index (χ2n) is 8.98. The van der Waals surface area contributed by atoms with Crippen LogP contribution in [0.4, 0.5) is 5.69 Å². The molecule has 8 heteroatoms. The van der Waals surface area contributed by atoms with Crippen LogP contribution in [0, 0.1) is 0 Å². The summed E-state index contributed by atoms with van der Waals surface area (Å²) < 4.78 is 5.77. The average Bonchev–Trinajstić information content (AvgIpc) is 2.96. The number of para-hydroxylation sites is 1. The number of hydrogen-bond acceptors (Lipinski definition) is 6. The monoisotopic (exact) mass is 503 g/mol. The minimum atomic E-state index is -1.85. The van der Waals surface area contributed by atoms with Crippen LogP contribution in [0.1, 0.15) is 11.1 Å². The van der Waals surface area contributed by atoms with Crippen molar-refractivity contribution in [3.05, 3.63) is 96.1 Å². The van der Waals surface area contributed by atoms with E-state index in [4.69, 9.17) is 4.74 Å². The van der Waals surface area contributed by atoms with E-state index < -0.39 is 24.0 Å². The lowest BCUT2D eigenvalue weighted by Gasteiger charge is -2.37. The fourth-order valence-corrected chi connectivity index (χ4v) is 4.22. The minimum absolute atomic E-state index is 0.150. The van der Waals surface area contributed by atoms with Gasteiger partial charge in [0.1, 0.15) is 5.75 Å². The Bertz CT molecular complexity index is 1130. The predicted octanol–water partition coefficient (Wildman–Crippen LogP) is 1.99. The van der Waals surface area contributed by atoms with Gasteiger partial charge in [0.25, 0.3) is 11.8 Å². The maximum Gasteiger partial charge on any atom is 0.254 e. The predicted molar refractivity (Wildman–Crippen MR) is 141 cm³/mol. The van der Waals surface area contributed by atoms with Crippen LogP contribution in [0.2, 0.25) is 0 Å². The van der Waals surface area contributed by atoms with Gasteiger partial charge in [-0.2, -0.15) is 0 Å². The van der Waals surface area contributed by atoms with Crippen LogP contribution in [0.15, 0.2) is 84.9 Å². The second-order valence-corrected chi connectivity index (χ2v) is 8.98. The summed E-state index contributed by atoms with van der Waals surface area (Å²) >= 11 is 0. The lowest BCUT2D eigenvalue weighted by Crippen LogP contribution is -2.55. The third-order valence-electron chi connectivity index (χ3n) is 6.43. The Hall–Kier alpha value is -3.88. The summed E-state index contributed by atoms with van der Waals surface area (Å²) in [6, 6.07) is 27.2. The number of carbonyl (C=O) groups excluding carboxylic acids is 2. The first kappa shape index (κ1) is 26.2. The van der Waals surface area contributed by atoms with Crippen molar-refractivity contribution >= 4 is 17.5 Å². The van der Waals surface area contributed by atoms with Crippen molar-refractivity contribution < 1.29 is 24.5 Å². The van der Waals surface area contributed by atoms with Gasteiger partial charge in [-0.25, -0.2) is 0 Å². The number of anilines is 1. The molecule has 0 radical (unpaired) electrons. The Morgan fingerprint density at radius 3 is 2.05 bits per heavy atom. The lowest BCUT2D eigenvalue weighted by molar-refractivity contribution is -0.153. The molecule has 0 bridgehead atoms. The normalized spacial score (nSPS) is 15.1. The molecular weight excluding hydrogens is 470 g/mol. The summed E-state index contributed by atoms with van der Waals surface area (Å²) in [4.78, 5) is 28.7. The molecule has 3 aromatic rings. The summed E-state index contributed by atoms with van der Waals surface area (Å²) in [6.45, 7) is 2.72. The van der Waals surface area contributed by atoms with E-state index in [0.29, 0.717) is 32.8 Å². The third-order valence-corrected chi connectivity index (χ3v) is 6.43. The number of nitrogens with one attached hydrogen (secondary N) is 1. The van der Waals surface area contributed by atoms with E-state index in [9.17, 15) is 19.8 Å². The summed E-state index contributed by atoms with van der Waals surface area (Å²) in [5.74, 6) is -0.723. The van der Waals surface area contributed by atoms with Crippen molar-refractivity contribution in [2.75, 3.05) is 37.7 Å². The fourth-order valence-electron chi connectivity index (χ4n) is 4.22. The zero-order valence-corrected chi connectivity index (χ0v) is 20.7. The molecule has 1 saturated heterocycles. The van der Waals surface area contributed by atoms with Crippen molar-refractivity contribution in [2.45, 2.75) is 25.2 Å². The molecule has 37 heavy (non-hydrogen) atoms. The van der Waals surface area contributed by atoms with Crippen molar-refractivity contribution in [1.82, 2.24) is 10.2 Å². The van der Waals surface area contributed by atoms with Crippen molar-refractivity contribution in [1.29, 1.82) is 0 Å². The molecule has 0 spiro atoms. The number of aliphatic hydroxyl groups excluding tert-OH is 2. The van der Waals surface area contributed by atoms with E-state index in [1.165, 1.54) is 10.5 Å². The molecule has 1 heterocycles. The Balaban J connectivity index is 1.18. The van der Waals surface area contributed by atoms with E-state index in [2.05, 4.69) is 22.3 Å². The molecule has 8 nitrogen and oxygen atoms in total. The standard InChI is InChI=1S/C29H33N3O5/c33-26(27(34)29(36)32-18-16-31(17-19-32)24-9-5-2-6-10-24)28(35)30-21-23-11-13-25(14-12-23)37-20-15-22-7-3-1-4-8-22/h1-14,26-27,33-34H,15-21H2,(H,30,35)/t26-,27-/m1/s1. The van der Waals surface area contributed by atoms with Gasteiger partial charge in [0.05, 0.1) is 6.61 Å². The minimum Gasteiger partial charge on any atom is -0.493 e. The van der Waals surface area contributed by atoms with Gasteiger partial charge in [-0.15, -0.1) is 0 Å². The number of benzene rings is 3. The summed E-state index contributed by atoms with van der Waals surface area (Å²) in [5, 5.41) is 23.2. The molecule has 1 aliphatic heterocycles. The van der Waals surface area contributed by atoms with Gasteiger partial charge in [0, 0.05) is 44.8 Å². The molecule has 0 unspecified atom stereocenters. The highest BCUT2D eigenvalue weighted by Crippen LogP contribution is 2.17. The highest BCUT2D eigenvalue weighted by atomic mass is 16.5. The molecular formula is C29H33N3O5. The molecule has 3 aromatic carbocycles. The van der Waals surface area contributed by atoms with E-state index in [0.717, 1.165) is 23.4 Å². The molecule has 1 aliphatic rings. The highest BCUT2D eigenvalue weighted by molar-refractivity contribution is 5.90. The van der Waals surface area contributed by atoms with Gasteiger partial charge in [0.2, 0.25) is 0 Å². The van der Waals surface area contributed by atoms with E-state index in [1.54, 1.807) is 0 Å². The average molecular weight is 504 g/mol. The van der Waals surface area contributed by atoms with Gasteiger partial charge < -0.3 is 30.1 Å². The van der Waals surface area contributed by atoms with Crippen molar-refractivity contribution in [3.8, 4) is 5.75 Å². The molecule has 3 N–H and O–H groups in total. The first-order chi connectivity index (χ1) is 18.0. The number of hydrogen-bond donors (Lipinski definition) is 3. The zero-order chi connectivity index (χ0) is 26.0. The van der Waals surface area contributed by atoms with Gasteiger partial charge in [-0.3, -0.25) is 9.59 Å². The molecule has 4 rings (SSSR count). The van der Waals surface area contributed by atoms with Gasteiger partial charge in [0.15, 0.2) is 12.2 Å². The van der Waals surface area contributed by atoms with Crippen LogP contribution in [0.25, 0.3) is 0 Å². The van der Waals surface area contributed by atoms with Gasteiger partial charge in [-0.1, -0.05) is 60.7 Å². The molecule has 0 aromatic heterocycles. The highest BCUT2D eigenvalue weighted by Gasteiger charge is 2.34. The quantitative estimate of drug-likeness (QED) is 0.391. The van der Waals surface area contributed by atoms with Crippen LogP contribution in [-0.4, -0.2) is 71.9 Å². The van der Waals surface area contributed by atoms with Crippen LogP contribution in [0.5, 0.6) is 5.75 Å². The first-order valence-electron chi connectivity index (χ1n) is 12.5. The molecule has 0 aliphatic carbocycles. The summed E-state index contributed by atoms with van der Waals surface area (Å²) in [7, 11) is 0. The number of piperazine rings is 1. The lowest BCUT2D eigenvalue weighted by atomic mass is 10.1. The second kappa shape index (κ2) is 12.9. The number of nitrogens with zero attached hydrogens (tertiary/aromatic N) is 2. The smallest absolute Gasteiger partial charge is 0.254 e. The Morgan fingerprint density at radius 1 is 0.784 bits per heavy atom. The molecule has 2 atom stereocenters. The SMILES string of the molecule is O=C(NCc1ccc(OCCc2ccccc2)cc1)[C@H](O)[C@@H](O)C(=O)N1CCN(c2ccccc2)CC1. The number of carbonyl (C=O) groups is 2. The van der Waals surface area contributed by atoms with Crippen molar-refractivity contribution in [3.63, 3.8) is 0 Å². The van der Waals surface area contributed by atoms with Crippen molar-refractivity contribution in [2.24, 2.45) is 0 Å². The van der Waals surface area contributed by atoms with Crippen LogP contribution >= 0.6 is 0 Å². The van der Waals surface area contributed by atoms with E-state index >= 15 is 0 Å². The third kappa shape index (κ3) is 7.31. The summed E-state index contributed by atoms with van der Waals surface area (Å²) in [6.07, 6.45) is -2.86. The Morgan fingerprint density at radius 2 is 1.41 bits per heavy atom. The van der Waals surface area contributed by atoms with E-state index in [-0.39, 0.29) is 6.54 Å². The van der Waals surface area contributed by atoms with E-state index in [1.807, 2.05) is 72.8 Å². The summed E-state index contributed by atoms with van der Waals surface area (Å²) in [5.41, 5.74) is 3.07. The van der Waals surface area contributed by atoms with Crippen LogP contribution in [0.3, 0.4) is 0 Å². The maximum atomic E-state index is 12.7. The molecule has 2 amide bonds. The maximum absolute atomic E-state index is 12.7. The number of ether oxygens (including phenoxy) is 1. The number of amides is 2. The zero-order valence-electron chi connectivity index (χ0n) is 20.7. The first-order valence-corrected chi connectivity index (χ1v) is 12.5.